The van der Waals surface area contributed by atoms with Crippen LogP contribution in [0.3, 0.4) is 0 Å². The molecule has 0 fully saturated rings. The van der Waals surface area contributed by atoms with Crippen LogP contribution in [-0.2, 0) is 9.59 Å². The van der Waals surface area contributed by atoms with E-state index in [-0.39, 0.29) is 50.6 Å². The minimum atomic E-state index is -1.10. The van der Waals surface area contributed by atoms with E-state index in [1.807, 2.05) is 4.90 Å². The Kier molecular flexibility index (Phi) is 17.4. The van der Waals surface area contributed by atoms with E-state index in [2.05, 4.69) is 6.92 Å². The molecule has 6 heteroatoms. The van der Waals surface area contributed by atoms with Crippen molar-refractivity contribution >= 4 is 49.7 Å². The van der Waals surface area contributed by atoms with Crippen molar-refractivity contribution in [1.82, 2.24) is 4.90 Å². The maximum Gasteiger partial charge on any atom is 2.00 e. The molecule has 0 heterocycles. The summed E-state index contributed by atoms with van der Waals surface area (Å²) in [6.45, 7) is 3.61. The molecule has 0 aromatic carbocycles. The van der Waals surface area contributed by atoms with Gasteiger partial charge in [0.1, 0.15) is 0 Å². The Morgan fingerprint density at radius 2 is 1.25 bits per heavy atom. The Balaban J connectivity index is 0. The number of rotatable bonds is 13. The first-order chi connectivity index (χ1) is 9.06. The molecule has 0 saturated carbocycles. The van der Waals surface area contributed by atoms with Crippen molar-refractivity contribution in [3.63, 3.8) is 0 Å². The van der Waals surface area contributed by atoms with E-state index in [1.165, 1.54) is 25.7 Å². The van der Waals surface area contributed by atoms with Crippen LogP contribution in [-0.4, -0.2) is 74.2 Å². The van der Waals surface area contributed by atoms with E-state index in [4.69, 9.17) is 0 Å². The SMILES string of the molecule is CCCCCCCCN(CCC(=O)[O-])CCC(=O)[O-].[Ca+2]. The van der Waals surface area contributed by atoms with Gasteiger partial charge in [-0.3, -0.25) is 0 Å². The normalized spacial score (nSPS) is 10.3. The predicted octanol–water partition coefficient (Wildman–Crippen LogP) is -0.452. The molecule has 0 aliphatic rings. The van der Waals surface area contributed by atoms with Crippen LogP contribution in [0.15, 0.2) is 0 Å². The third-order valence-electron chi connectivity index (χ3n) is 3.09. The molecule has 0 aliphatic carbocycles. The van der Waals surface area contributed by atoms with Gasteiger partial charge >= 0.3 is 37.7 Å². The van der Waals surface area contributed by atoms with E-state index in [0.717, 1.165) is 19.4 Å². The second-order valence-corrected chi connectivity index (χ2v) is 4.85. The van der Waals surface area contributed by atoms with Crippen LogP contribution in [0.4, 0.5) is 0 Å². The molecule has 0 spiro atoms. The minimum absolute atomic E-state index is 0. The molecular formula is C14H25CaNO4. The van der Waals surface area contributed by atoms with Crippen LogP contribution in [0.2, 0.25) is 0 Å². The largest absolute Gasteiger partial charge is 2.00 e. The van der Waals surface area contributed by atoms with Gasteiger partial charge in [-0.25, -0.2) is 0 Å². The Bertz CT molecular complexity index is 244. The summed E-state index contributed by atoms with van der Waals surface area (Å²) in [6.07, 6.45) is 6.85. The van der Waals surface area contributed by atoms with Crippen molar-refractivity contribution in [1.29, 1.82) is 0 Å². The molecule has 0 unspecified atom stereocenters. The second-order valence-electron chi connectivity index (χ2n) is 4.85. The number of nitrogens with zero attached hydrogens (tertiary/aromatic N) is 1. The third-order valence-corrected chi connectivity index (χ3v) is 3.09. The zero-order chi connectivity index (χ0) is 14.5. The number of hydrogen-bond acceptors (Lipinski definition) is 5. The first kappa shape index (κ1) is 22.4. The summed E-state index contributed by atoms with van der Waals surface area (Å²) in [5.41, 5.74) is 0. The molecule has 0 radical (unpaired) electrons. The molecule has 0 aromatic heterocycles. The fourth-order valence-electron chi connectivity index (χ4n) is 1.95. The second kappa shape index (κ2) is 15.5. The zero-order valence-electron chi connectivity index (χ0n) is 12.6. The Hall–Kier alpha value is 0.160. The van der Waals surface area contributed by atoms with Crippen molar-refractivity contribution in [2.75, 3.05) is 19.6 Å². The van der Waals surface area contributed by atoms with Crippen LogP contribution in [0.1, 0.15) is 58.3 Å². The monoisotopic (exact) mass is 311 g/mol. The molecule has 0 atom stereocenters. The average molecular weight is 311 g/mol. The number of hydrogen-bond donors (Lipinski definition) is 0. The zero-order valence-corrected chi connectivity index (χ0v) is 14.8. The van der Waals surface area contributed by atoms with Crippen molar-refractivity contribution in [3.8, 4) is 0 Å². The van der Waals surface area contributed by atoms with E-state index < -0.39 is 11.9 Å². The Morgan fingerprint density at radius 1 is 0.800 bits per heavy atom. The molecular weight excluding hydrogens is 286 g/mol. The Morgan fingerprint density at radius 3 is 1.70 bits per heavy atom. The Labute approximate surface area is 151 Å². The summed E-state index contributed by atoms with van der Waals surface area (Å²) >= 11 is 0. The molecule has 20 heavy (non-hydrogen) atoms. The van der Waals surface area contributed by atoms with Crippen molar-refractivity contribution in [2.45, 2.75) is 58.3 Å². The van der Waals surface area contributed by atoms with Crippen LogP contribution >= 0.6 is 0 Å². The smallest absolute Gasteiger partial charge is 0.550 e. The molecule has 5 nitrogen and oxygen atoms in total. The maximum atomic E-state index is 10.4. The first-order valence-corrected chi connectivity index (χ1v) is 7.18. The summed E-state index contributed by atoms with van der Waals surface area (Å²) in [5, 5.41) is 20.8. The van der Waals surface area contributed by atoms with E-state index >= 15 is 0 Å². The van der Waals surface area contributed by atoms with Gasteiger partial charge < -0.3 is 24.7 Å². The van der Waals surface area contributed by atoms with Crippen LogP contribution in [0, 0.1) is 0 Å². The summed E-state index contributed by atoms with van der Waals surface area (Å²) in [6, 6.07) is 0. The molecule has 0 N–H and O–H groups in total. The third kappa shape index (κ3) is 16.2. The van der Waals surface area contributed by atoms with Crippen LogP contribution in [0.25, 0.3) is 0 Å². The summed E-state index contributed by atoms with van der Waals surface area (Å²) in [4.78, 5) is 22.7. The number of carbonyl (C=O) groups excluding carboxylic acids is 2. The summed E-state index contributed by atoms with van der Waals surface area (Å²) in [5.74, 6) is -2.19. The number of carboxylic acids is 2. The molecule has 0 rings (SSSR count). The summed E-state index contributed by atoms with van der Waals surface area (Å²) < 4.78 is 0. The van der Waals surface area contributed by atoms with Gasteiger partial charge in [-0.05, 0) is 25.8 Å². The van der Waals surface area contributed by atoms with Gasteiger partial charge in [0, 0.05) is 25.0 Å². The molecule has 0 aliphatic heterocycles. The number of unbranched alkanes of at least 4 members (excludes halogenated alkanes) is 5. The van der Waals surface area contributed by atoms with Gasteiger partial charge in [-0.1, -0.05) is 39.0 Å². The fourth-order valence-corrected chi connectivity index (χ4v) is 1.95. The fraction of sp³-hybridized carbons (Fsp3) is 0.857. The van der Waals surface area contributed by atoms with E-state index in [1.54, 1.807) is 0 Å². The molecule has 0 bridgehead atoms. The van der Waals surface area contributed by atoms with E-state index in [9.17, 15) is 19.8 Å². The maximum absolute atomic E-state index is 10.4. The number of aliphatic carboxylic acids is 2. The van der Waals surface area contributed by atoms with Crippen LogP contribution < -0.4 is 10.2 Å². The van der Waals surface area contributed by atoms with Gasteiger partial charge in [0.15, 0.2) is 0 Å². The molecule has 112 valence electrons. The predicted molar refractivity (Wildman–Crippen MR) is 74.8 cm³/mol. The van der Waals surface area contributed by atoms with Gasteiger partial charge in [0.25, 0.3) is 0 Å². The average Bonchev–Trinajstić information content (AvgIpc) is 2.35. The van der Waals surface area contributed by atoms with Gasteiger partial charge in [0.05, 0.1) is 0 Å². The minimum Gasteiger partial charge on any atom is -0.550 e. The van der Waals surface area contributed by atoms with Gasteiger partial charge in [-0.2, -0.15) is 0 Å². The van der Waals surface area contributed by atoms with Crippen molar-refractivity contribution in [3.05, 3.63) is 0 Å². The van der Waals surface area contributed by atoms with Crippen LogP contribution in [0.5, 0.6) is 0 Å². The molecule has 0 saturated heterocycles. The topological polar surface area (TPSA) is 83.5 Å². The van der Waals surface area contributed by atoms with Gasteiger partial charge in [0.2, 0.25) is 0 Å². The standard InChI is InChI=1S/C14H27NO4.Ca/c1-2-3-4-5-6-7-10-15(11-8-13(16)17)12-9-14(18)19;/h2-12H2,1H3,(H,16,17)(H,18,19);/q;+2/p-2. The van der Waals surface area contributed by atoms with E-state index in [0.29, 0.717) is 13.1 Å². The summed E-state index contributed by atoms with van der Waals surface area (Å²) in [7, 11) is 0. The quantitative estimate of drug-likeness (QED) is 0.340. The van der Waals surface area contributed by atoms with Gasteiger partial charge in [-0.15, -0.1) is 0 Å². The number of carbonyl (C=O) groups is 2. The first-order valence-electron chi connectivity index (χ1n) is 7.18. The number of carboxylic acid groups (broad SMARTS) is 2. The van der Waals surface area contributed by atoms with Crippen molar-refractivity contribution < 1.29 is 19.8 Å². The van der Waals surface area contributed by atoms with Crippen molar-refractivity contribution in [2.24, 2.45) is 0 Å². The molecule has 0 amide bonds. The molecule has 0 aromatic rings.